The standard InChI is InChI=1S/C19H12ClF2NO5/c1-25-16-6-10(5-13(20)18(16)28-19(21)22)4-12(8-23)17(24)11-2-3-14-15(7-11)27-9-26-14/h2-7,19H,9H2,1H3. The first-order valence-electron chi connectivity index (χ1n) is 7.81. The number of rotatable bonds is 6. The molecule has 0 atom stereocenters. The minimum Gasteiger partial charge on any atom is -0.493 e. The smallest absolute Gasteiger partial charge is 0.387 e. The van der Waals surface area contributed by atoms with Gasteiger partial charge in [-0.3, -0.25) is 4.79 Å². The second-order valence-electron chi connectivity index (χ2n) is 5.48. The lowest BCUT2D eigenvalue weighted by Gasteiger charge is -2.12. The van der Waals surface area contributed by atoms with E-state index < -0.39 is 12.4 Å². The number of fused-ring (bicyclic) bond motifs is 1. The Balaban J connectivity index is 1.95. The van der Waals surface area contributed by atoms with Crippen molar-refractivity contribution in [2.24, 2.45) is 0 Å². The fourth-order valence-electron chi connectivity index (χ4n) is 2.54. The van der Waals surface area contributed by atoms with E-state index in [1.54, 1.807) is 6.07 Å². The fourth-order valence-corrected chi connectivity index (χ4v) is 2.80. The van der Waals surface area contributed by atoms with Gasteiger partial charge in [-0.25, -0.2) is 0 Å². The molecule has 0 saturated heterocycles. The maximum Gasteiger partial charge on any atom is 0.387 e. The van der Waals surface area contributed by atoms with E-state index in [0.29, 0.717) is 17.1 Å². The Hall–Kier alpha value is -3.31. The fraction of sp³-hybridized carbons (Fsp3) is 0.158. The second-order valence-corrected chi connectivity index (χ2v) is 5.89. The predicted octanol–water partition coefficient (Wildman–Crippen LogP) is 4.47. The Morgan fingerprint density at radius 1 is 1.29 bits per heavy atom. The highest BCUT2D eigenvalue weighted by atomic mass is 35.5. The van der Waals surface area contributed by atoms with Gasteiger partial charge in [0.25, 0.3) is 0 Å². The highest BCUT2D eigenvalue weighted by Gasteiger charge is 2.20. The molecule has 1 aliphatic heterocycles. The maximum atomic E-state index is 12.7. The monoisotopic (exact) mass is 407 g/mol. The molecule has 28 heavy (non-hydrogen) atoms. The van der Waals surface area contributed by atoms with Crippen LogP contribution >= 0.6 is 11.6 Å². The van der Waals surface area contributed by atoms with Gasteiger partial charge in [0.1, 0.15) is 11.6 Å². The van der Waals surface area contributed by atoms with Crippen molar-refractivity contribution in [2.45, 2.75) is 6.61 Å². The van der Waals surface area contributed by atoms with E-state index in [0.717, 1.165) is 0 Å². The molecule has 0 fully saturated rings. The molecule has 2 aromatic carbocycles. The van der Waals surface area contributed by atoms with Crippen LogP contribution in [0.3, 0.4) is 0 Å². The van der Waals surface area contributed by atoms with Gasteiger partial charge in [0.15, 0.2) is 23.0 Å². The molecule has 0 N–H and O–H groups in total. The van der Waals surface area contributed by atoms with Crippen LogP contribution in [0.1, 0.15) is 15.9 Å². The number of carbonyl (C=O) groups excluding carboxylic acids is 1. The van der Waals surface area contributed by atoms with E-state index in [1.165, 1.54) is 37.5 Å². The van der Waals surface area contributed by atoms with E-state index in [9.17, 15) is 18.8 Å². The van der Waals surface area contributed by atoms with Crippen LogP contribution in [0.2, 0.25) is 5.02 Å². The van der Waals surface area contributed by atoms with Gasteiger partial charge in [0, 0.05) is 5.56 Å². The van der Waals surface area contributed by atoms with E-state index >= 15 is 0 Å². The normalized spacial score (nSPS) is 12.6. The minimum atomic E-state index is -3.09. The minimum absolute atomic E-state index is 0.0548. The number of methoxy groups -OCH3 is 1. The average Bonchev–Trinajstić information content (AvgIpc) is 3.14. The van der Waals surface area contributed by atoms with Crippen LogP contribution in [0, 0.1) is 11.3 Å². The molecular formula is C19H12ClF2NO5. The van der Waals surface area contributed by atoms with Crippen LogP contribution in [-0.4, -0.2) is 26.3 Å². The summed E-state index contributed by atoms with van der Waals surface area (Å²) in [5.41, 5.74) is 0.335. The molecule has 0 spiro atoms. The molecule has 0 aromatic heterocycles. The van der Waals surface area contributed by atoms with Crippen molar-refractivity contribution >= 4 is 23.5 Å². The number of alkyl halides is 2. The molecule has 0 aliphatic carbocycles. The summed E-state index contributed by atoms with van der Waals surface area (Å²) in [6.45, 7) is -3.03. The van der Waals surface area contributed by atoms with Crippen molar-refractivity contribution < 1.29 is 32.5 Å². The van der Waals surface area contributed by atoms with Gasteiger partial charge in [-0.15, -0.1) is 0 Å². The molecule has 0 bridgehead atoms. The molecule has 1 heterocycles. The summed E-state index contributed by atoms with van der Waals surface area (Å²) in [4.78, 5) is 12.7. The van der Waals surface area contributed by atoms with Gasteiger partial charge in [-0.2, -0.15) is 14.0 Å². The summed E-state index contributed by atoms with van der Waals surface area (Å²) in [6.07, 6.45) is 1.27. The van der Waals surface area contributed by atoms with Crippen molar-refractivity contribution in [3.63, 3.8) is 0 Å². The van der Waals surface area contributed by atoms with Crippen LogP contribution in [-0.2, 0) is 0 Å². The predicted molar refractivity (Wildman–Crippen MR) is 95.1 cm³/mol. The van der Waals surface area contributed by atoms with E-state index in [-0.39, 0.29) is 34.5 Å². The van der Waals surface area contributed by atoms with Crippen molar-refractivity contribution in [1.29, 1.82) is 5.26 Å². The Kier molecular flexibility index (Phi) is 5.66. The van der Waals surface area contributed by atoms with Crippen molar-refractivity contribution in [2.75, 3.05) is 13.9 Å². The lowest BCUT2D eigenvalue weighted by Crippen LogP contribution is -2.05. The number of hydrogen-bond acceptors (Lipinski definition) is 6. The molecule has 3 rings (SSSR count). The van der Waals surface area contributed by atoms with Crippen molar-refractivity contribution in [1.82, 2.24) is 0 Å². The van der Waals surface area contributed by atoms with Gasteiger partial charge in [-0.1, -0.05) is 11.6 Å². The Morgan fingerprint density at radius 3 is 2.71 bits per heavy atom. The quantitative estimate of drug-likeness (QED) is 0.399. The molecular weight excluding hydrogens is 396 g/mol. The van der Waals surface area contributed by atoms with Crippen molar-refractivity contribution in [3.05, 3.63) is 52.1 Å². The number of ether oxygens (including phenoxy) is 4. The van der Waals surface area contributed by atoms with Gasteiger partial charge in [0.2, 0.25) is 12.6 Å². The molecule has 0 saturated carbocycles. The third-order valence-corrected chi connectivity index (χ3v) is 4.05. The van der Waals surface area contributed by atoms with Crippen LogP contribution in [0.25, 0.3) is 6.08 Å². The topological polar surface area (TPSA) is 77.8 Å². The zero-order chi connectivity index (χ0) is 20.3. The number of carbonyl (C=O) groups is 1. The average molecular weight is 408 g/mol. The number of hydrogen-bond donors (Lipinski definition) is 0. The Bertz CT molecular complexity index is 1000. The first kappa shape index (κ1) is 19.5. The molecule has 0 unspecified atom stereocenters. The molecule has 9 heteroatoms. The molecule has 2 aromatic rings. The van der Waals surface area contributed by atoms with E-state index in [1.807, 2.05) is 6.07 Å². The lowest BCUT2D eigenvalue weighted by atomic mass is 10.0. The van der Waals surface area contributed by atoms with Crippen molar-refractivity contribution in [3.8, 4) is 29.1 Å². The maximum absolute atomic E-state index is 12.7. The molecule has 1 aliphatic rings. The zero-order valence-corrected chi connectivity index (χ0v) is 15.1. The SMILES string of the molecule is COc1cc(C=C(C#N)C(=O)c2ccc3c(c2)OCO3)cc(Cl)c1OC(F)F. The van der Waals surface area contributed by atoms with Crippen LogP contribution < -0.4 is 18.9 Å². The second kappa shape index (κ2) is 8.15. The first-order valence-corrected chi connectivity index (χ1v) is 8.19. The summed E-state index contributed by atoms with van der Waals surface area (Å²) >= 11 is 5.98. The van der Waals surface area contributed by atoms with Gasteiger partial charge >= 0.3 is 6.61 Å². The highest BCUT2D eigenvalue weighted by molar-refractivity contribution is 6.32. The van der Waals surface area contributed by atoms with Gasteiger partial charge in [0.05, 0.1) is 12.1 Å². The lowest BCUT2D eigenvalue weighted by molar-refractivity contribution is -0.0511. The number of nitrogens with zero attached hydrogens (tertiary/aromatic N) is 1. The van der Waals surface area contributed by atoms with Crippen LogP contribution in [0.4, 0.5) is 8.78 Å². The first-order chi connectivity index (χ1) is 13.4. The summed E-state index contributed by atoms with van der Waals surface area (Å²) in [6, 6.07) is 8.99. The number of Topliss-reactive ketones (excluding diaryl/α,β-unsaturated/α-hetero) is 1. The molecule has 0 amide bonds. The molecule has 6 nitrogen and oxygen atoms in total. The zero-order valence-electron chi connectivity index (χ0n) is 14.4. The van der Waals surface area contributed by atoms with Crippen LogP contribution in [0.15, 0.2) is 35.9 Å². The summed E-state index contributed by atoms with van der Waals surface area (Å²) in [5.74, 6) is -0.0425. The summed E-state index contributed by atoms with van der Waals surface area (Å²) < 4.78 is 44.8. The van der Waals surface area contributed by atoms with Gasteiger partial charge in [-0.05, 0) is 42.0 Å². The number of ketones is 1. The highest BCUT2D eigenvalue weighted by Crippen LogP contribution is 2.38. The van der Waals surface area contributed by atoms with E-state index in [2.05, 4.69) is 4.74 Å². The Labute approximate surface area is 163 Å². The number of benzene rings is 2. The summed E-state index contributed by atoms with van der Waals surface area (Å²) in [7, 11) is 1.25. The number of allylic oxidation sites excluding steroid dienone is 1. The third-order valence-electron chi connectivity index (χ3n) is 3.77. The molecule has 0 radical (unpaired) electrons. The number of halogens is 3. The number of nitriles is 1. The third kappa shape index (κ3) is 4.00. The Morgan fingerprint density at radius 2 is 2.04 bits per heavy atom. The largest absolute Gasteiger partial charge is 0.493 e. The summed E-state index contributed by atoms with van der Waals surface area (Å²) in [5, 5.41) is 9.24. The van der Waals surface area contributed by atoms with Gasteiger partial charge < -0.3 is 18.9 Å². The van der Waals surface area contributed by atoms with Crippen LogP contribution in [0.5, 0.6) is 23.0 Å². The van der Waals surface area contributed by atoms with E-state index in [4.69, 9.17) is 25.8 Å². The molecule has 144 valence electrons.